The molecule has 2 heterocycles. The van der Waals surface area contributed by atoms with Gasteiger partial charge in [0.25, 0.3) is 0 Å². The monoisotopic (exact) mass is 262 g/mol. The molecule has 0 bridgehead atoms. The molecular weight excluding hydrogens is 248 g/mol. The number of fused-ring (bicyclic) bond motifs is 1. The summed E-state index contributed by atoms with van der Waals surface area (Å²) in [6, 6.07) is 5.95. The third-order valence-corrected chi connectivity index (χ3v) is 3.72. The summed E-state index contributed by atoms with van der Waals surface area (Å²) < 4.78 is 11.1. The number of nitrogens with zero attached hydrogens (tertiary/aromatic N) is 2. The summed E-state index contributed by atoms with van der Waals surface area (Å²) in [6.07, 6.45) is 0. The van der Waals surface area contributed by atoms with Gasteiger partial charge in [-0.1, -0.05) is 0 Å². The number of anilines is 1. The van der Waals surface area contributed by atoms with Crippen LogP contribution in [0.3, 0.4) is 0 Å². The molecule has 0 aliphatic carbocycles. The average Bonchev–Trinajstić information content (AvgIpc) is 2.88. The molecule has 0 amide bonds. The summed E-state index contributed by atoms with van der Waals surface area (Å²) in [7, 11) is 3.98. The molecule has 0 saturated heterocycles. The standard InChI is InChI=1S/C13H14N2O2S/c1-15(2)13-14-10(8-18-13)9-3-4-11-12(7-9)17-6-5-16-11/h3-4,7-8H,5-6H2,1-2H3. The van der Waals surface area contributed by atoms with E-state index in [1.54, 1.807) is 11.3 Å². The molecule has 2 aromatic rings. The first-order valence-corrected chi connectivity index (χ1v) is 6.65. The van der Waals surface area contributed by atoms with Crippen LogP contribution in [0.5, 0.6) is 11.5 Å². The van der Waals surface area contributed by atoms with Crippen LogP contribution in [0.1, 0.15) is 0 Å². The van der Waals surface area contributed by atoms with Gasteiger partial charge in [-0.2, -0.15) is 0 Å². The number of hydrogen-bond donors (Lipinski definition) is 0. The summed E-state index contributed by atoms with van der Waals surface area (Å²) in [4.78, 5) is 6.58. The number of benzene rings is 1. The first-order chi connectivity index (χ1) is 8.74. The van der Waals surface area contributed by atoms with Crippen molar-refractivity contribution < 1.29 is 9.47 Å². The van der Waals surface area contributed by atoms with Crippen molar-refractivity contribution >= 4 is 16.5 Å². The molecule has 0 fully saturated rings. The number of rotatable bonds is 2. The van der Waals surface area contributed by atoms with Crippen LogP contribution in [0, 0.1) is 0 Å². The van der Waals surface area contributed by atoms with Crippen molar-refractivity contribution in [3.05, 3.63) is 23.6 Å². The summed E-state index contributed by atoms with van der Waals surface area (Å²) in [6.45, 7) is 1.23. The minimum atomic E-state index is 0.608. The second kappa shape index (κ2) is 4.49. The maximum absolute atomic E-state index is 5.58. The molecule has 0 radical (unpaired) electrons. The van der Waals surface area contributed by atoms with Crippen LogP contribution in [-0.2, 0) is 0 Å². The lowest BCUT2D eigenvalue weighted by atomic mass is 10.1. The molecule has 5 heteroatoms. The van der Waals surface area contributed by atoms with Crippen molar-refractivity contribution in [2.24, 2.45) is 0 Å². The Kier molecular flexibility index (Phi) is 2.83. The Morgan fingerprint density at radius 1 is 1.17 bits per heavy atom. The van der Waals surface area contributed by atoms with Gasteiger partial charge in [0.05, 0.1) is 5.69 Å². The second-order valence-corrected chi connectivity index (χ2v) is 5.10. The van der Waals surface area contributed by atoms with E-state index in [9.17, 15) is 0 Å². The summed E-state index contributed by atoms with van der Waals surface area (Å²) in [5, 5.41) is 3.06. The van der Waals surface area contributed by atoms with Gasteiger partial charge in [0, 0.05) is 25.0 Å². The van der Waals surface area contributed by atoms with Crippen molar-refractivity contribution in [2.75, 3.05) is 32.2 Å². The topological polar surface area (TPSA) is 34.6 Å². The Bertz CT molecular complexity index is 566. The molecule has 94 valence electrons. The maximum Gasteiger partial charge on any atom is 0.185 e. The maximum atomic E-state index is 5.58. The molecule has 18 heavy (non-hydrogen) atoms. The van der Waals surface area contributed by atoms with Gasteiger partial charge in [0.2, 0.25) is 0 Å². The molecule has 1 aromatic carbocycles. The molecule has 1 aliphatic rings. The van der Waals surface area contributed by atoms with Crippen LogP contribution in [0.2, 0.25) is 0 Å². The van der Waals surface area contributed by atoms with E-state index in [0.717, 1.165) is 27.9 Å². The molecule has 4 nitrogen and oxygen atoms in total. The highest BCUT2D eigenvalue weighted by Gasteiger charge is 2.13. The van der Waals surface area contributed by atoms with Crippen LogP contribution in [-0.4, -0.2) is 32.3 Å². The molecule has 1 aliphatic heterocycles. The Morgan fingerprint density at radius 3 is 2.67 bits per heavy atom. The van der Waals surface area contributed by atoms with Crippen LogP contribution < -0.4 is 14.4 Å². The molecule has 0 atom stereocenters. The largest absolute Gasteiger partial charge is 0.486 e. The first kappa shape index (κ1) is 11.3. The summed E-state index contributed by atoms with van der Waals surface area (Å²) in [5.41, 5.74) is 2.03. The lowest BCUT2D eigenvalue weighted by Crippen LogP contribution is -2.15. The minimum Gasteiger partial charge on any atom is -0.486 e. The Labute approximate surface area is 110 Å². The molecule has 1 aromatic heterocycles. The average molecular weight is 262 g/mol. The van der Waals surface area contributed by atoms with Crippen LogP contribution >= 0.6 is 11.3 Å². The van der Waals surface area contributed by atoms with Crippen LogP contribution in [0.15, 0.2) is 23.6 Å². The van der Waals surface area contributed by atoms with Crippen molar-refractivity contribution in [1.82, 2.24) is 4.98 Å². The predicted molar refractivity (Wildman–Crippen MR) is 72.9 cm³/mol. The van der Waals surface area contributed by atoms with Crippen molar-refractivity contribution in [3.63, 3.8) is 0 Å². The number of hydrogen-bond acceptors (Lipinski definition) is 5. The smallest absolute Gasteiger partial charge is 0.185 e. The van der Waals surface area contributed by atoms with E-state index in [0.29, 0.717) is 13.2 Å². The Balaban J connectivity index is 1.95. The number of ether oxygens (including phenoxy) is 2. The van der Waals surface area contributed by atoms with Gasteiger partial charge in [-0.05, 0) is 18.2 Å². The quantitative estimate of drug-likeness (QED) is 0.833. The zero-order valence-corrected chi connectivity index (χ0v) is 11.2. The van der Waals surface area contributed by atoms with Gasteiger partial charge in [-0.25, -0.2) is 4.98 Å². The second-order valence-electron chi connectivity index (χ2n) is 4.27. The van der Waals surface area contributed by atoms with Gasteiger partial charge in [-0.15, -0.1) is 11.3 Å². The van der Waals surface area contributed by atoms with E-state index >= 15 is 0 Å². The molecular formula is C13H14N2O2S. The van der Waals surface area contributed by atoms with E-state index in [1.165, 1.54) is 0 Å². The first-order valence-electron chi connectivity index (χ1n) is 5.77. The van der Waals surface area contributed by atoms with E-state index in [1.807, 2.05) is 37.2 Å². The van der Waals surface area contributed by atoms with Crippen LogP contribution in [0.4, 0.5) is 5.13 Å². The van der Waals surface area contributed by atoms with Gasteiger partial charge in [0.1, 0.15) is 13.2 Å². The fourth-order valence-electron chi connectivity index (χ4n) is 1.80. The van der Waals surface area contributed by atoms with E-state index in [-0.39, 0.29) is 0 Å². The highest BCUT2D eigenvalue weighted by Crippen LogP contribution is 2.35. The highest BCUT2D eigenvalue weighted by atomic mass is 32.1. The van der Waals surface area contributed by atoms with Crippen LogP contribution in [0.25, 0.3) is 11.3 Å². The molecule has 0 unspecified atom stereocenters. The number of thiazole rings is 1. The van der Waals surface area contributed by atoms with Gasteiger partial charge < -0.3 is 14.4 Å². The molecule has 3 rings (SSSR count). The third-order valence-electron chi connectivity index (χ3n) is 2.71. The third kappa shape index (κ3) is 2.01. The van der Waals surface area contributed by atoms with Crippen molar-refractivity contribution in [1.29, 1.82) is 0 Å². The van der Waals surface area contributed by atoms with E-state index < -0.39 is 0 Å². The normalized spacial score (nSPS) is 13.4. The summed E-state index contributed by atoms with van der Waals surface area (Å²) >= 11 is 1.63. The lowest BCUT2D eigenvalue weighted by molar-refractivity contribution is 0.171. The fourth-order valence-corrected chi connectivity index (χ4v) is 2.57. The molecule has 0 spiro atoms. The van der Waals surface area contributed by atoms with E-state index in [4.69, 9.17) is 9.47 Å². The predicted octanol–water partition coefficient (Wildman–Crippen LogP) is 2.65. The van der Waals surface area contributed by atoms with Crippen molar-refractivity contribution in [3.8, 4) is 22.8 Å². The van der Waals surface area contributed by atoms with E-state index in [2.05, 4.69) is 10.4 Å². The fraction of sp³-hybridized carbons (Fsp3) is 0.308. The minimum absolute atomic E-state index is 0.608. The zero-order chi connectivity index (χ0) is 12.5. The van der Waals surface area contributed by atoms with Crippen molar-refractivity contribution in [2.45, 2.75) is 0 Å². The Morgan fingerprint density at radius 2 is 1.94 bits per heavy atom. The lowest BCUT2D eigenvalue weighted by Gasteiger charge is -2.18. The summed E-state index contributed by atoms with van der Waals surface area (Å²) in [5.74, 6) is 1.62. The highest BCUT2D eigenvalue weighted by molar-refractivity contribution is 7.14. The molecule has 0 saturated carbocycles. The van der Waals surface area contributed by atoms with Gasteiger partial charge >= 0.3 is 0 Å². The van der Waals surface area contributed by atoms with Gasteiger partial charge in [-0.3, -0.25) is 0 Å². The Hall–Kier alpha value is -1.75. The zero-order valence-electron chi connectivity index (χ0n) is 10.3. The van der Waals surface area contributed by atoms with Gasteiger partial charge in [0.15, 0.2) is 16.6 Å². The number of aromatic nitrogens is 1. The molecule has 0 N–H and O–H groups in total. The SMILES string of the molecule is CN(C)c1nc(-c2ccc3c(c2)OCCO3)cs1.